The maximum atomic E-state index is 11.9. The molecule has 0 aromatic carbocycles. The van der Waals surface area contributed by atoms with E-state index in [1.807, 2.05) is 27.0 Å². The van der Waals surface area contributed by atoms with Crippen LogP contribution in [0.25, 0.3) is 0 Å². The summed E-state index contributed by atoms with van der Waals surface area (Å²) in [5.74, 6) is 0. The Morgan fingerprint density at radius 1 is 1.32 bits per heavy atom. The van der Waals surface area contributed by atoms with Gasteiger partial charge in [-0.25, -0.2) is 4.79 Å². The first-order chi connectivity index (χ1) is 10.3. The number of ether oxygens (including phenoxy) is 1. The van der Waals surface area contributed by atoms with Crippen LogP contribution in [0.3, 0.4) is 0 Å². The summed E-state index contributed by atoms with van der Waals surface area (Å²) >= 11 is 0. The molecule has 22 heavy (non-hydrogen) atoms. The summed E-state index contributed by atoms with van der Waals surface area (Å²) in [4.78, 5) is 16.6. The minimum absolute atomic E-state index is 0.0495. The highest BCUT2D eigenvalue weighted by atomic mass is 16.6. The summed E-state index contributed by atoms with van der Waals surface area (Å²) in [6, 6.07) is 4.36. The number of nitrogens with one attached hydrogen (secondary N) is 1. The van der Waals surface area contributed by atoms with E-state index in [4.69, 9.17) is 4.74 Å². The smallest absolute Gasteiger partial charge is 0.408 e. The molecule has 4 nitrogen and oxygen atoms in total. The normalized spacial score (nSPS) is 29.3. The number of carbonyl (C=O) groups is 1. The molecule has 3 saturated carbocycles. The Kier molecular flexibility index (Phi) is 3.46. The molecule has 2 bridgehead atoms. The Bertz CT molecular complexity index is 552. The molecule has 1 aromatic heterocycles. The van der Waals surface area contributed by atoms with Gasteiger partial charge in [-0.15, -0.1) is 0 Å². The predicted molar refractivity (Wildman–Crippen MR) is 85.9 cm³/mol. The van der Waals surface area contributed by atoms with Crippen molar-refractivity contribution in [3.63, 3.8) is 0 Å². The zero-order valence-corrected chi connectivity index (χ0v) is 14.0. The van der Waals surface area contributed by atoms with Gasteiger partial charge in [-0.2, -0.15) is 0 Å². The van der Waals surface area contributed by atoms with Crippen molar-refractivity contribution in [2.45, 2.75) is 76.4 Å². The number of carbonyl (C=O) groups excluding carboxylic acids is 1. The Balaban J connectivity index is 1.56. The number of hydrogen-bond donors (Lipinski definition) is 1. The Labute approximate surface area is 132 Å². The molecule has 3 aliphatic rings. The van der Waals surface area contributed by atoms with Crippen LogP contribution in [0.15, 0.2) is 18.3 Å². The van der Waals surface area contributed by atoms with E-state index in [1.54, 1.807) is 0 Å². The van der Waals surface area contributed by atoms with E-state index in [0.29, 0.717) is 0 Å². The standard InChI is InChI=1S/C18H26N2O2/c1-5-6-13-7-8-14(19-9-13)17-10-18(11-17,12-17)20-15(21)22-16(2,3)4/h7-9H,5-6,10-12H2,1-4H3,(H,20,21)/t17-,18+. The number of aryl methyl sites for hydroxylation is 1. The molecule has 3 fully saturated rings. The summed E-state index contributed by atoms with van der Waals surface area (Å²) in [5, 5.41) is 3.05. The lowest BCUT2D eigenvalue weighted by molar-refractivity contribution is -0.0908. The molecular formula is C18H26N2O2. The predicted octanol–water partition coefficient (Wildman–Crippen LogP) is 3.73. The van der Waals surface area contributed by atoms with Crippen LogP contribution in [0.4, 0.5) is 4.79 Å². The first-order valence-corrected chi connectivity index (χ1v) is 8.23. The van der Waals surface area contributed by atoms with E-state index in [1.165, 1.54) is 11.3 Å². The molecule has 0 saturated heterocycles. The molecule has 0 aliphatic heterocycles. The van der Waals surface area contributed by atoms with Gasteiger partial charge < -0.3 is 10.1 Å². The summed E-state index contributed by atoms with van der Waals surface area (Å²) in [6.07, 6.45) is 6.90. The van der Waals surface area contributed by atoms with Crippen LogP contribution in [0.5, 0.6) is 0 Å². The van der Waals surface area contributed by atoms with E-state index in [-0.39, 0.29) is 17.0 Å². The number of rotatable bonds is 4. The second-order valence-electron chi connectivity index (χ2n) is 8.02. The number of aromatic nitrogens is 1. The summed E-state index contributed by atoms with van der Waals surface area (Å²) in [6.45, 7) is 7.84. The highest BCUT2D eigenvalue weighted by Crippen LogP contribution is 2.67. The van der Waals surface area contributed by atoms with Crippen molar-refractivity contribution in [3.8, 4) is 0 Å². The SMILES string of the molecule is CCCc1ccc([C@]23C[C@](NC(=O)OC(C)(C)C)(C2)C3)nc1. The molecule has 1 N–H and O–H groups in total. The number of alkyl carbamates (subject to hydrolysis) is 1. The van der Waals surface area contributed by atoms with Crippen LogP contribution in [0.1, 0.15) is 64.6 Å². The number of hydrogen-bond acceptors (Lipinski definition) is 3. The van der Waals surface area contributed by atoms with Crippen LogP contribution in [-0.2, 0) is 16.6 Å². The number of pyridine rings is 1. The van der Waals surface area contributed by atoms with Gasteiger partial charge >= 0.3 is 6.09 Å². The van der Waals surface area contributed by atoms with Crippen molar-refractivity contribution in [1.82, 2.24) is 10.3 Å². The van der Waals surface area contributed by atoms with Crippen molar-refractivity contribution in [1.29, 1.82) is 0 Å². The van der Waals surface area contributed by atoms with E-state index < -0.39 is 5.60 Å². The largest absolute Gasteiger partial charge is 0.444 e. The van der Waals surface area contributed by atoms with Crippen molar-refractivity contribution in [3.05, 3.63) is 29.6 Å². The van der Waals surface area contributed by atoms with Crippen LogP contribution in [-0.4, -0.2) is 22.2 Å². The summed E-state index contributed by atoms with van der Waals surface area (Å²) in [5.41, 5.74) is 2.19. The van der Waals surface area contributed by atoms with Crippen LogP contribution < -0.4 is 5.32 Å². The molecule has 0 unspecified atom stereocenters. The van der Waals surface area contributed by atoms with Gasteiger partial charge in [0.05, 0.1) is 0 Å². The monoisotopic (exact) mass is 302 g/mol. The van der Waals surface area contributed by atoms with Gasteiger partial charge in [0.1, 0.15) is 5.60 Å². The molecule has 120 valence electrons. The van der Waals surface area contributed by atoms with E-state index in [2.05, 4.69) is 29.4 Å². The Morgan fingerprint density at radius 3 is 2.50 bits per heavy atom. The highest BCUT2D eigenvalue weighted by molar-refractivity contribution is 5.70. The molecule has 1 heterocycles. The van der Waals surface area contributed by atoms with E-state index in [0.717, 1.165) is 32.1 Å². The fraction of sp³-hybridized carbons (Fsp3) is 0.667. The van der Waals surface area contributed by atoms with Crippen molar-refractivity contribution in [2.75, 3.05) is 0 Å². The van der Waals surface area contributed by atoms with Gasteiger partial charge in [0.2, 0.25) is 0 Å². The lowest BCUT2D eigenvalue weighted by Gasteiger charge is -2.70. The third-order valence-corrected chi connectivity index (χ3v) is 4.70. The Morgan fingerprint density at radius 2 is 2.00 bits per heavy atom. The van der Waals surface area contributed by atoms with Crippen LogP contribution in [0, 0.1) is 0 Å². The molecule has 4 heteroatoms. The highest BCUT2D eigenvalue weighted by Gasteiger charge is 2.70. The maximum Gasteiger partial charge on any atom is 0.408 e. The maximum absolute atomic E-state index is 11.9. The van der Waals surface area contributed by atoms with Gasteiger partial charge in [0.15, 0.2) is 0 Å². The fourth-order valence-electron chi connectivity index (χ4n) is 3.89. The third-order valence-electron chi connectivity index (χ3n) is 4.70. The van der Waals surface area contributed by atoms with Gasteiger partial charge in [-0.1, -0.05) is 19.4 Å². The average molecular weight is 302 g/mol. The van der Waals surface area contributed by atoms with Gasteiger partial charge in [0, 0.05) is 22.8 Å². The average Bonchev–Trinajstić information content (AvgIpc) is 2.31. The first-order valence-electron chi connectivity index (χ1n) is 8.23. The van der Waals surface area contributed by atoms with Crippen molar-refractivity contribution < 1.29 is 9.53 Å². The van der Waals surface area contributed by atoms with Crippen molar-refractivity contribution >= 4 is 6.09 Å². The van der Waals surface area contributed by atoms with Crippen LogP contribution >= 0.6 is 0 Å². The Hall–Kier alpha value is -1.58. The second-order valence-corrected chi connectivity index (χ2v) is 8.02. The number of nitrogens with zero attached hydrogens (tertiary/aromatic N) is 1. The van der Waals surface area contributed by atoms with Gasteiger partial charge in [-0.3, -0.25) is 4.98 Å². The molecule has 0 spiro atoms. The minimum atomic E-state index is -0.442. The third kappa shape index (κ3) is 2.71. The van der Waals surface area contributed by atoms with Gasteiger partial charge in [-0.05, 0) is 58.1 Å². The zero-order chi connectivity index (χ0) is 16.0. The molecule has 1 amide bonds. The molecular weight excluding hydrogens is 276 g/mol. The van der Waals surface area contributed by atoms with Crippen LogP contribution in [0.2, 0.25) is 0 Å². The lowest BCUT2D eigenvalue weighted by atomic mass is 9.38. The van der Waals surface area contributed by atoms with Crippen molar-refractivity contribution in [2.24, 2.45) is 0 Å². The first kappa shape index (κ1) is 15.3. The quantitative estimate of drug-likeness (QED) is 0.922. The summed E-state index contributed by atoms with van der Waals surface area (Å²) < 4.78 is 5.35. The lowest BCUT2D eigenvalue weighted by Crippen LogP contribution is -2.77. The topological polar surface area (TPSA) is 51.2 Å². The molecule has 3 aliphatic carbocycles. The molecule has 1 aromatic rings. The molecule has 0 atom stereocenters. The van der Waals surface area contributed by atoms with Gasteiger partial charge in [0.25, 0.3) is 0 Å². The molecule has 0 radical (unpaired) electrons. The molecule has 4 rings (SSSR count). The van der Waals surface area contributed by atoms with E-state index in [9.17, 15) is 4.79 Å². The number of amides is 1. The van der Waals surface area contributed by atoms with E-state index >= 15 is 0 Å². The minimum Gasteiger partial charge on any atom is -0.444 e. The fourth-order valence-corrected chi connectivity index (χ4v) is 3.89. The zero-order valence-electron chi connectivity index (χ0n) is 14.0. The second kappa shape index (κ2) is 4.97. The summed E-state index contributed by atoms with van der Waals surface area (Å²) in [7, 11) is 0.